The number of benzene rings is 1. The van der Waals surface area contributed by atoms with Gasteiger partial charge in [-0.05, 0) is 30.7 Å². The molecule has 7 heteroatoms. The van der Waals surface area contributed by atoms with Gasteiger partial charge in [0.25, 0.3) is 0 Å². The lowest BCUT2D eigenvalue weighted by Gasteiger charge is -2.12. The molecule has 1 fully saturated rings. The van der Waals surface area contributed by atoms with Crippen molar-refractivity contribution in [3.8, 4) is 5.75 Å². The van der Waals surface area contributed by atoms with E-state index >= 15 is 0 Å². The maximum atomic E-state index is 12.0. The van der Waals surface area contributed by atoms with Gasteiger partial charge in [0.2, 0.25) is 5.91 Å². The van der Waals surface area contributed by atoms with Gasteiger partial charge in [-0.15, -0.1) is 0 Å². The van der Waals surface area contributed by atoms with Crippen LogP contribution in [0.15, 0.2) is 24.3 Å². The molecule has 1 amide bonds. The Bertz CT molecular complexity index is 453. The van der Waals surface area contributed by atoms with Crippen molar-refractivity contribution in [1.82, 2.24) is 5.32 Å². The first kappa shape index (κ1) is 14.7. The fourth-order valence-electron chi connectivity index (χ4n) is 2.03. The lowest BCUT2D eigenvalue weighted by molar-refractivity contribution is -0.118. The maximum Gasteiger partial charge on any atom is 0.387 e. The molecule has 110 valence electrons. The largest absolute Gasteiger partial charge is 0.435 e. The number of ether oxygens (including phenoxy) is 2. The van der Waals surface area contributed by atoms with Crippen molar-refractivity contribution in [2.45, 2.75) is 25.2 Å². The molecule has 1 heterocycles. The molecule has 20 heavy (non-hydrogen) atoms. The van der Waals surface area contributed by atoms with E-state index < -0.39 is 6.61 Å². The van der Waals surface area contributed by atoms with Crippen molar-refractivity contribution in [2.75, 3.05) is 19.0 Å². The van der Waals surface area contributed by atoms with E-state index in [-0.39, 0.29) is 23.8 Å². The van der Waals surface area contributed by atoms with Gasteiger partial charge in [0.1, 0.15) is 5.75 Å². The van der Waals surface area contributed by atoms with Crippen molar-refractivity contribution in [3.63, 3.8) is 0 Å². The highest BCUT2D eigenvalue weighted by molar-refractivity contribution is 5.95. The Balaban J connectivity index is 1.88. The SMILES string of the molecule is COC1CNC(C(=O)Nc2ccc(OC(F)F)cc2)C1. The minimum Gasteiger partial charge on any atom is -0.435 e. The van der Waals surface area contributed by atoms with Gasteiger partial charge in [0.15, 0.2) is 0 Å². The summed E-state index contributed by atoms with van der Waals surface area (Å²) < 4.78 is 33.4. The quantitative estimate of drug-likeness (QED) is 0.863. The summed E-state index contributed by atoms with van der Waals surface area (Å²) in [5.41, 5.74) is 0.527. The van der Waals surface area contributed by atoms with Crippen LogP contribution in [0.4, 0.5) is 14.5 Å². The minimum atomic E-state index is -2.86. The normalized spacial score (nSPS) is 22.0. The lowest BCUT2D eigenvalue weighted by Crippen LogP contribution is -2.35. The Morgan fingerprint density at radius 1 is 1.40 bits per heavy atom. The van der Waals surface area contributed by atoms with Gasteiger partial charge in [-0.1, -0.05) is 0 Å². The number of hydrogen-bond acceptors (Lipinski definition) is 4. The zero-order valence-corrected chi connectivity index (χ0v) is 10.9. The van der Waals surface area contributed by atoms with Gasteiger partial charge < -0.3 is 20.1 Å². The van der Waals surface area contributed by atoms with E-state index in [1.54, 1.807) is 7.11 Å². The van der Waals surface area contributed by atoms with Crippen molar-refractivity contribution < 1.29 is 23.0 Å². The third-order valence-electron chi connectivity index (χ3n) is 3.09. The highest BCUT2D eigenvalue weighted by atomic mass is 19.3. The van der Waals surface area contributed by atoms with E-state index in [9.17, 15) is 13.6 Å². The van der Waals surface area contributed by atoms with Gasteiger partial charge in [0.05, 0.1) is 12.1 Å². The number of alkyl halides is 2. The Hall–Kier alpha value is -1.73. The van der Waals surface area contributed by atoms with Crippen LogP contribution in [-0.4, -0.2) is 38.3 Å². The molecular formula is C13H16F2N2O3. The molecule has 0 aromatic heterocycles. The lowest BCUT2D eigenvalue weighted by atomic mass is 10.2. The van der Waals surface area contributed by atoms with E-state index in [2.05, 4.69) is 15.4 Å². The molecule has 0 spiro atoms. The van der Waals surface area contributed by atoms with E-state index in [0.717, 1.165) is 0 Å². The second-order valence-electron chi connectivity index (χ2n) is 4.45. The first-order chi connectivity index (χ1) is 9.58. The standard InChI is InChI=1S/C13H16F2N2O3/c1-19-10-6-11(16-7-10)12(18)17-8-2-4-9(5-3-8)20-13(14)15/h2-5,10-11,13,16H,6-7H2,1H3,(H,17,18). The molecule has 0 bridgehead atoms. The first-order valence-electron chi connectivity index (χ1n) is 6.20. The second-order valence-corrected chi connectivity index (χ2v) is 4.45. The monoisotopic (exact) mass is 286 g/mol. The van der Waals surface area contributed by atoms with Crippen molar-refractivity contribution in [3.05, 3.63) is 24.3 Å². The predicted octanol–water partition coefficient (Wildman–Crippen LogP) is 1.60. The highest BCUT2D eigenvalue weighted by Gasteiger charge is 2.29. The van der Waals surface area contributed by atoms with Crippen LogP contribution in [0.1, 0.15) is 6.42 Å². The van der Waals surface area contributed by atoms with Crippen molar-refractivity contribution in [1.29, 1.82) is 0 Å². The molecule has 0 aliphatic carbocycles. The molecule has 1 aromatic rings. The number of carbonyl (C=O) groups is 1. The summed E-state index contributed by atoms with van der Waals surface area (Å²) in [4.78, 5) is 12.0. The van der Waals surface area contributed by atoms with Crippen LogP contribution in [-0.2, 0) is 9.53 Å². The average molecular weight is 286 g/mol. The van der Waals surface area contributed by atoms with Crippen LogP contribution < -0.4 is 15.4 Å². The Morgan fingerprint density at radius 3 is 2.65 bits per heavy atom. The molecule has 1 aliphatic rings. The smallest absolute Gasteiger partial charge is 0.387 e. The van der Waals surface area contributed by atoms with Gasteiger partial charge >= 0.3 is 6.61 Å². The predicted molar refractivity (Wildman–Crippen MR) is 68.9 cm³/mol. The van der Waals surface area contributed by atoms with Crippen molar-refractivity contribution >= 4 is 11.6 Å². The number of methoxy groups -OCH3 is 1. The van der Waals surface area contributed by atoms with E-state index in [1.807, 2.05) is 0 Å². The summed E-state index contributed by atoms with van der Waals surface area (Å²) >= 11 is 0. The fourth-order valence-corrected chi connectivity index (χ4v) is 2.03. The number of carbonyl (C=O) groups excluding carboxylic acids is 1. The van der Waals surface area contributed by atoms with Crippen LogP contribution in [0.2, 0.25) is 0 Å². The summed E-state index contributed by atoms with van der Waals surface area (Å²) in [7, 11) is 1.61. The van der Waals surface area contributed by atoms with Crippen LogP contribution >= 0.6 is 0 Å². The zero-order valence-electron chi connectivity index (χ0n) is 10.9. The number of amides is 1. The summed E-state index contributed by atoms with van der Waals surface area (Å²) in [5.74, 6) is -0.122. The van der Waals surface area contributed by atoms with Gasteiger partial charge in [0, 0.05) is 19.3 Å². The van der Waals surface area contributed by atoms with Crippen molar-refractivity contribution in [2.24, 2.45) is 0 Å². The van der Waals surface area contributed by atoms with Crippen LogP contribution in [0.25, 0.3) is 0 Å². The minimum absolute atomic E-state index is 0.0348. The highest BCUT2D eigenvalue weighted by Crippen LogP contribution is 2.18. The molecule has 0 saturated carbocycles. The summed E-state index contributed by atoms with van der Waals surface area (Å²) in [5, 5.41) is 5.76. The van der Waals surface area contributed by atoms with Gasteiger partial charge in [-0.2, -0.15) is 8.78 Å². The fraction of sp³-hybridized carbons (Fsp3) is 0.462. The molecule has 2 rings (SSSR count). The maximum absolute atomic E-state index is 12.0. The Morgan fingerprint density at radius 2 is 2.10 bits per heavy atom. The van der Waals surface area contributed by atoms with E-state index in [1.165, 1.54) is 24.3 Å². The van der Waals surface area contributed by atoms with E-state index in [0.29, 0.717) is 18.7 Å². The molecule has 2 atom stereocenters. The molecule has 0 radical (unpaired) electrons. The molecule has 1 aliphatic heterocycles. The second kappa shape index (κ2) is 6.62. The topological polar surface area (TPSA) is 59.6 Å². The molecule has 1 saturated heterocycles. The zero-order chi connectivity index (χ0) is 14.5. The molecule has 2 unspecified atom stereocenters. The van der Waals surface area contributed by atoms with Crippen LogP contribution in [0.3, 0.4) is 0 Å². The average Bonchev–Trinajstić information content (AvgIpc) is 2.89. The third kappa shape index (κ3) is 3.88. The Kier molecular flexibility index (Phi) is 4.86. The summed E-state index contributed by atoms with van der Waals surface area (Å²) in [6, 6.07) is 5.47. The number of halogens is 2. The molecular weight excluding hydrogens is 270 g/mol. The summed E-state index contributed by atoms with van der Waals surface area (Å²) in [6.45, 7) is -2.22. The van der Waals surface area contributed by atoms with Crippen LogP contribution in [0, 0.1) is 0 Å². The van der Waals surface area contributed by atoms with E-state index in [4.69, 9.17) is 4.74 Å². The molecule has 5 nitrogen and oxygen atoms in total. The molecule has 1 aromatic carbocycles. The molecule has 2 N–H and O–H groups in total. The number of rotatable bonds is 5. The van der Waals surface area contributed by atoms with Gasteiger partial charge in [-0.3, -0.25) is 4.79 Å². The number of hydrogen-bond donors (Lipinski definition) is 2. The first-order valence-corrected chi connectivity index (χ1v) is 6.20. The van der Waals surface area contributed by atoms with Crippen LogP contribution in [0.5, 0.6) is 5.75 Å². The number of nitrogens with one attached hydrogen (secondary N) is 2. The van der Waals surface area contributed by atoms with Gasteiger partial charge in [-0.25, -0.2) is 0 Å². The number of anilines is 1. The Labute approximate surface area is 115 Å². The third-order valence-corrected chi connectivity index (χ3v) is 3.09. The summed E-state index contributed by atoms with van der Waals surface area (Å²) in [6.07, 6.45) is 0.641.